The van der Waals surface area contributed by atoms with Crippen molar-refractivity contribution < 1.29 is 9.53 Å². The summed E-state index contributed by atoms with van der Waals surface area (Å²) in [4.78, 5) is 12.8. The minimum absolute atomic E-state index is 0.000000000000000444. The molecule has 1 heterocycles. The van der Waals surface area contributed by atoms with Crippen molar-refractivity contribution >= 4 is 17.3 Å². The molecule has 0 radical (unpaired) electrons. The van der Waals surface area contributed by atoms with Crippen molar-refractivity contribution in [2.75, 3.05) is 7.11 Å². The zero-order valence-corrected chi connectivity index (χ0v) is 9.26. The Balaban J connectivity index is 2.26. The van der Waals surface area contributed by atoms with E-state index in [-0.39, 0.29) is 11.9 Å². The summed E-state index contributed by atoms with van der Waals surface area (Å²) in [5.74, 6) is 0.456. The first kappa shape index (κ1) is 9.71. The summed E-state index contributed by atoms with van der Waals surface area (Å²) in [7, 11) is 1.47. The summed E-state index contributed by atoms with van der Waals surface area (Å²) < 4.78 is 4.86. The molecule has 1 unspecified atom stereocenters. The fourth-order valence-electron chi connectivity index (χ4n) is 1.77. The number of rotatable bonds is 3. The fraction of sp³-hybridized carbons (Fsp3) is 0.545. The van der Waals surface area contributed by atoms with Crippen LogP contribution in [0.2, 0.25) is 0 Å². The molecule has 1 fully saturated rings. The highest BCUT2D eigenvalue weighted by atomic mass is 32.1. The standard InChI is InChI=1S/C11H14O2S/c1-7-5-6-14-10(7)9(8-3-4-8)11(12)13-2/h5-6,8-9H,3-4H2,1-2H3. The van der Waals surface area contributed by atoms with E-state index in [0.717, 1.165) is 12.8 Å². The normalized spacial score (nSPS) is 17.9. The van der Waals surface area contributed by atoms with E-state index in [1.165, 1.54) is 17.6 Å². The lowest BCUT2D eigenvalue weighted by atomic mass is 9.99. The molecule has 0 aliphatic heterocycles. The predicted molar refractivity (Wildman–Crippen MR) is 56.5 cm³/mol. The lowest BCUT2D eigenvalue weighted by molar-refractivity contribution is -0.142. The van der Waals surface area contributed by atoms with Gasteiger partial charge in [0.2, 0.25) is 0 Å². The van der Waals surface area contributed by atoms with Gasteiger partial charge < -0.3 is 4.74 Å². The monoisotopic (exact) mass is 210 g/mol. The van der Waals surface area contributed by atoms with E-state index in [4.69, 9.17) is 4.74 Å². The highest BCUT2D eigenvalue weighted by molar-refractivity contribution is 7.10. The molecule has 76 valence electrons. The summed E-state index contributed by atoms with van der Waals surface area (Å²) in [5, 5.41) is 2.04. The van der Waals surface area contributed by atoms with E-state index < -0.39 is 0 Å². The smallest absolute Gasteiger partial charge is 0.314 e. The van der Waals surface area contributed by atoms with Gasteiger partial charge in [-0.15, -0.1) is 11.3 Å². The molecule has 0 aromatic carbocycles. The maximum Gasteiger partial charge on any atom is 0.314 e. The van der Waals surface area contributed by atoms with Gasteiger partial charge in [-0.05, 0) is 42.7 Å². The summed E-state index contributed by atoms with van der Waals surface area (Å²) in [5.41, 5.74) is 1.22. The number of methoxy groups -OCH3 is 1. The summed E-state index contributed by atoms with van der Waals surface area (Å²) in [6.07, 6.45) is 2.33. The highest BCUT2D eigenvalue weighted by Gasteiger charge is 2.39. The summed E-state index contributed by atoms with van der Waals surface area (Å²) in [6, 6.07) is 2.07. The number of hydrogen-bond donors (Lipinski definition) is 0. The number of hydrogen-bond acceptors (Lipinski definition) is 3. The molecule has 2 rings (SSSR count). The minimum atomic E-state index is -0.0713. The van der Waals surface area contributed by atoms with Gasteiger partial charge >= 0.3 is 5.97 Å². The Morgan fingerprint density at radius 2 is 2.36 bits per heavy atom. The van der Waals surface area contributed by atoms with Gasteiger partial charge in [0.25, 0.3) is 0 Å². The second kappa shape index (κ2) is 3.73. The first-order valence-corrected chi connectivity index (χ1v) is 5.74. The van der Waals surface area contributed by atoms with Crippen molar-refractivity contribution in [1.82, 2.24) is 0 Å². The number of carbonyl (C=O) groups excluding carboxylic acids is 1. The van der Waals surface area contributed by atoms with Crippen LogP contribution in [0.4, 0.5) is 0 Å². The predicted octanol–water partition coefficient (Wildman–Crippen LogP) is 2.72. The van der Waals surface area contributed by atoms with Gasteiger partial charge in [-0.3, -0.25) is 4.79 Å². The molecule has 1 aliphatic rings. The Hall–Kier alpha value is -0.830. The van der Waals surface area contributed by atoms with Crippen LogP contribution in [-0.2, 0) is 9.53 Å². The molecule has 1 atom stereocenters. The number of thiophene rings is 1. The molecule has 0 amide bonds. The largest absolute Gasteiger partial charge is 0.469 e. The molecule has 2 nitrogen and oxygen atoms in total. The molecule has 1 saturated carbocycles. The van der Waals surface area contributed by atoms with Crippen LogP contribution in [0, 0.1) is 12.8 Å². The zero-order chi connectivity index (χ0) is 10.1. The topological polar surface area (TPSA) is 26.3 Å². The average molecular weight is 210 g/mol. The molecule has 1 aromatic heterocycles. The van der Waals surface area contributed by atoms with Crippen LogP contribution in [0.25, 0.3) is 0 Å². The molecule has 0 saturated heterocycles. The number of esters is 1. The van der Waals surface area contributed by atoms with Crippen molar-refractivity contribution in [1.29, 1.82) is 0 Å². The van der Waals surface area contributed by atoms with Crippen LogP contribution in [0.15, 0.2) is 11.4 Å². The molecule has 1 aromatic rings. The van der Waals surface area contributed by atoms with Crippen LogP contribution in [-0.4, -0.2) is 13.1 Å². The van der Waals surface area contributed by atoms with Crippen LogP contribution < -0.4 is 0 Å². The van der Waals surface area contributed by atoms with Gasteiger partial charge in [0, 0.05) is 4.88 Å². The van der Waals surface area contributed by atoms with Crippen molar-refractivity contribution in [3.05, 3.63) is 21.9 Å². The second-order valence-corrected chi connectivity index (χ2v) is 4.75. The van der Waals surface area contributed by atoms with Crippen LogP contribution in [0.3, 0.4) is 0 Å². The van der Waals surface area contributed by atoms with Gasteiger partial charge in [-0.1, -0.05) is 0 Å². The molecule has 0 N–H and O–H groups in total. The van der Waals surface area contributed by atoms with Crippen LogP contribution in [0.5, 0.6) is 0 Å². The third kappa shape index (κ3) is 1.69. The second-order valence-electron chi connectivity index (χ2n) is 3.81. The third-order valence-electron chi connectivity index (χ3n) is 2.73. The van der Waals surface area contributed by atoms with Gasteiger partial charge in [-0.25, -0.2) is 0 Å². The maximum atomic E-state index is 11.6. The minimum Gasteiger partial charge on any atom is -0.469 e. The molecule has 1 aliphatic carbocycles. The number of aryl methyl sites for hydroxylation is 1. The average Bonchev–Trinajstić information content (AvgIpc) is 2.92. The van der Waals surface area contributed by atoms with Crippen LogP contribution in [0.1, 0.15) is 29.2 Å². The maximum absolute atomic E-state index is 11.6. The van der Waals surface area contributed by atoms with Gasteiger partial charge in [0.05, 0.1) is 13.0 Å². The van der Waals surface area contributed by atoms with Crippen molar-refractivity contribution in [2.24, 2.45) is 5.92 Å². The molecular weight excluding hydrogens is 196 g/mol. The first-order valence-electron chi connectivity index (χ1n) is 4.86. The molecular formula is C11H14O2S. The van der Waals surface area contributed by atoms with E-state index >= 15 is 0 Å². The van der Waals surface area contributed by atoms with E-state index in [1.807, 2.05) is 5.38 Å². The lowest BCUT2D eigenvalue weighted by Gasteiger charge is -2.12. The van der Waals surface area contributed by atoms with E-state index in [0.29, 0.717) is 5.92 Å². The Bertz CT molecular complexity index is 339. The SMILES string of the molecule is COC(=O)C(c1sccc1C)C1CC1. The third-order valence-corrected chi connectivity index (χ3v) is 3.83. The Morgan fingerprint density at radius 3 is 2.79 bits per heavy atom. The van der Waals surface area contributed by atoms with Gasteiger partial charge in [0.15, 0.2) is 0 Å². The van der Waals surface area contributed by atoms with E-state index in [2.05, 4.69) is 13.0 Å². The summed E-state index contributed by atoms with van der Waals surface area (Å²) in [6.45, 7) is 2.06. The molecule has 0 spiro atoms. The van der Waals surface area contributed by atoms with E-state index in [1.54, 1.807) is 11.3 Å². The van der Waals surface area contributed by atoms with Crippen molar-refractivity contribution in [2.45, 2.75) is 25.7 Å². The Morgan fingerprint density at radius 1 is 1.64 bits per heavy atom. The molecule has 14 heavy (non-hydrogen) atoms. The quantitative estimate of drug-likeness (QED) is 0.717. The van der Waals surface area contributed by atoms with E-state index in [9.17, 15) is 4.79 Å². The number of ether oxygens (including phenoxy) is 1. The van der Waals surface area contributed by atoms with Crippen molar-refractivity contribution in [3.8, 4) is 0 Å². The number of carbonyl (C=O) groups is 1. The molecule has 0 bridgehead atoms. The lowest BCUT2D eigenvalue weighted by Crippen LogP contribution is -2.15. The first-order chi connectivity index (χ1) is 6.74. The Kier molecular flexibility index (Phi) is 2.59. The van der Waals surface area contributed by atoms with Crippen LogP contribution >= 0.6 is 11.3 Å². The fourth-order valence-corrected chi connectivity index (χ4v) is 2.88. The highest BCUT2D eigenvalue weighted by Crippen LogP contribution is 2.45. The van der Waals surface area contributed by atoms with Gasteiger partial charge in [0.1, 0.15) is 0 Å². The summed E-state index contributed by atoms with van der Waals surface area (Å²) >= 11 is 1.67. The van der Waals surface area contributed by atoms with Crippen molar-refractivity contribution in [3.63, 3.8) is 0 Å². The van der Waals surface area contributed by atoms with Gasteiger partial charge in [-0.2, -0.15) is 0 Å². The Labute approximate surface area is 87.9 Å². The molecule has 3 heteroatoms. The zero-order valence-electron chi connectivity index (χ0n) is 8.45.